The first-order valence-corrected chi connectivity index (χ1v) is 6.64. The number of nitrogens with two attached hydrogens (primary N) is 1. The molecule has 0 heterocycles. The predicted octanol–water partition coefficient (Wildman–Crippen LogP) is 2.62. The Balaban J connectivity index is 2.41. The maximum atomic E-state index is 5.69. The van der Waals surface area contributed by atoms with Crippen LogP contribution in [0.4, 0.5) is 0 Å². The molecule has 2 heteroatoms. The summed E-state index contributed by atoms with van der Waals surface area (Å²) in [6, 6.07) is 1.45. The molecule has 0 amide bonds. The largest absolute Gasteiger partial charge is 0.329 e. The van der Waals surface area contributed by atoms with Gasteiger partial charge in [0.1, 0.15) is 0 Å². The van der Waals surface area contributed by atoms with Crippen LogP contribution < -0.4 is 5.73 Å². The molecule has 0 aromatic rings. The summed E-state index contributed by atoms with van der Waals surface area (Å²) in [5.74, 6) is 0.994. The Kier molecular flexibility index (Phi) is 5.62. The summed E-state index contributed by atoms with van der Waals surface area (Å²) in [5.41, 5.74) is 5.69. The van der Waals surface area contributed by atoms with E-state index in [0.29, 0.717) is 6.04 Å². The minimum atomic E-state index is 0.650. The summed E-state index contributed by atoms with van der Waals surface area (Å²) in [6.45, 7) is 8.78. The van der Waals surface area contributed by atoms with Gasteiger partial charge in [0.05, 0.1) is 0 Å². The van der Waals surface area contributed by atoms with Crippen molar-refractivity contribution in [2.24, 2.45) is 11.7 Å². The lowest BCUT2D eigenvalue weighted by Gasteiger charge is -2.39. The highest BCUT2D eigenvalue weighted by Crippen LogP contribution is 2.30. The van der Waals surface area contributed by atoms with Crippen LogP contribution >= 0.6 is 0 Å². The van der Waals surface area contributed by atoms with Crippen LogP contribution in [0.3, 0.4) is 0 Å². The summed E-state index contributed by atoms with van der Waals surface area (Å²) in [7, 11) is 0. The van der Waals surface area contributed by atoms with Crippen LogP contribution in [0.1, 0.15) is 52.9 Å². The van der Waals surface area contributed by atoms with Gasteiger partial charge in [0.25, 0.3) is 0 Å². The van der Waals surface area contributed by atoms with Crippen molar-refractivity contribution in [1.82, 2.24) is 4.90 Å². The molecule has 0 spiro atoms. The van der Waals surface area contributed by atoms with Gasteiger partial charge in [0, 0.05) is 25.2 Å². The lowest BCUT2D eigenvalue weighted by Crippen LogP contribution is -2.44. The van der Waals surface area contributed by atoms with Crippen molar-refractivity contribution in [3.05, 3.63) is 0 Å². The lowest BCUT2D eigenvalue weighted by atomic mass is 9.83. The highest BCUT2D eigenvalue weighted by molar-refractivity contribution is 4.81. The Bertz CT molecular complexity index is 160. The normalized spacial score (nSPS) is 27.6. The molecule has 0 atom stereocenters. The molecule has 2 nitrogen and oxygen atoms in total. The Morgan fingerprint density at radius 2 is 1.80 bits per heavy atom. The fourth-order valence-electron chi connectivity index (χ4n) is 2.90. The molecule has 1 rings (SSSR count). The van der Waals surface area contributed by atoms with Crippen LogP contribution in [0.5, 0.6) is 0 Å². The second kappa shape index (κ2) is 6.49. The summed E-state index contributed by atoms with van der Waals surface area (Å²) in [4.78, 5) is 2.60. The summed E-state index contributed by atoms with van der Waals surface area (Å²) >= 11 is 0. The van der Waals surface area contributed by atoms with E-state index in [0.717, 1.165) is 25.0 Å². The van der Waals surface area contributed by atoms with E-state index in [-0.39, 0.29) is 0 Å². The Morgan fingerprint density at radius 3 is 2.20 bits per heavy atom. The van der Waals surface area contributed by atoms with Gasteiger partial charge in [-0.3, -0.25) is 4.90 Å². The minimum Gasteiger partial charge on any atom is -0.329 e. The molecule has 0 aromatic carbocycles. The van der Waals surface area contributed by atoms with Gasteiger partial charge >= 0.3 is 0 Å². The van der Waals surface area contributed by atoms with E-state index in [1.165, 1.54) is 32.1 Å². The van der Waals surface area contributed by atoms with E-state index in [2.05, 4.69) is 25.7 Å². The van der Waals surface area contributed by atoms with Gasteiger partial charge in [-0.05, 0) is 45.4 Å². The van der Waals surface area contributed by atoms with Gasteiger partial charge in [0.2, 0.25) is 0 Å². The maximum Gasteiger partial charge on any atom is 0.0110 e. The smallest absolute Gasteiger partial charge is 0.0110 e. The van der Waals surface area contributed by atoms with Gasteiger partial charge < -0.3 is 5.73 Å². The summed E-state index contributed by atoms with van der Waals surface area (Å²) in [5, 5.41) is 0. The third-order valence-corrected chi connectivity index (χ3v) is 3.91. The van der Waals surface area contributed by atoms with E-state index < -0.39 is 0 Å². The molecule has 0 unspecified atom stereocenters. The molecule has 1 saturated carbocycles. The number of nitrogens with zero attached hydrogens (tertiary/aromatic N) is 1. The van der Waals surface area contributed by atoms with Crippen LogP contribution in [0.2, 0.25) is 0 Å². The Hall–Kier alpha value is -0.0800. The first-order valence-electron chi connectivity index (χ1n) is 6.64. The molecule has 1 aliphatic rings. The predicted molar refractivity (Wildman–Crippen MR) is 66.9 cm³/mol. The molecular formula is C13H28N2. The van der Waals surface area contributed by atoms with Crippen molar-refractivity contribution in [3.8, 4) is 0 Å². The van der Waals surface area contributed by atoms with Crippen LogP contribution in [0.25, 0.3) is 0 Å². The zero-order valence-electron chi connectivity index (χ0n) is 10.7. The molecule has 0 saturated heterocycles. The topological polar surface area (TPSA) is 29.3 Å². The van der Waals surface area contributed by atoms with E-state index in [4.69, 9.17) is 5.73 Å². The van der Waals surface area contributed by atoms with Crippen molar-refractivity contribution >= 4 is 0 Å². The highest BCUT2D eigenvalue weighted by Gasteiger charge is 2.25. The Morgan fingerprint density at radius 1 is 1.20 bits per heavy atom. The number of hydrogen-bond donors (Lipinski definition) is 1. The molecule has 15 heavy (non-hydrogen) atoms. The quantitative estimate of drug-likeness (QED) is 0.759. The molecule has 1 fully saturated rings. The van der Waals surface area contributed by atoms with Gasteiger partial charge in [-0.25, -0.2) is 0 Å². The summed E-state index contributed by atoms with van der Waals surface area (Å²) < 4.78 is 0. The molecule has 0 aromatic heterocycles. The van der Waals surface area contributed by atoms with E-state index in [1.54, 1.807) is 0 Å². The van der Waals surface area contributed by atoms with Gasteiger partial charge in [0.15, 0.2) is 0 Å². The van der Waals surface area contributed by atoms with Gasteiger partial charge in [-0.15, -0.1) is 0 Å². The molecule has 0 aliphatic heterocycles. The zero-order valence-corrected chi connectivity index (χ0v) is 10.7. The zero-order chi connectivity index (χ0) is 11.3. The fraction of sp³-hybridized carbons (Fsp3) is 1.00. The van der Waals surface area contributed by atoms with Crippen molar-refractivity contribution < 1.29 is 0 Å². The average molecular weight is 212 g/mol. The van der Waals surface area contributed by atoms with E-state index in [1.807, 2.05) is 0 Å². The van der Waals surface area contributed by atoms with Crippen molar-refractivity contribution in [3.63, 3.8) is 0 Å². The van der Waals surface area contributed by atoms with Crippen molar-refractivity contribution in [2.75, 3.05) is 13.1 Å². The van der Waals surface area contributed by atoms with Crippen molar-refractivity contribution in [2.45, 2.75) is 65.0 Å². The third kappa shape index (κ3) is 3.76. The van der Waals surface area contributed by atoms with Gasteiger partial charge in [-0.2, -0.15) is 0 Å². The lowest BCUT2D eigenvalue weighted by molar-refractivity contribution is 0.108. The van der Waals surface area contributed by atoms with Crippen LogP contribution in [0.15, 0.2) is 0 Å². The SMILES string of the molecule is CCC1CCC(N(CCN)C(C)C)CC1. The summed E-state index contributed by atoms with van der Waals surface area (Å²) in [6.07, 6.45) is 6.99. The van der Waals surface area contributed by atoms with Gasteiger partial charge in [-0.1, -0.05) is 13.3 Å². The molecule has 0 radical (unpaired) electrons. The third-order valence-electron chi connectivity index (χ3n) is 3.91. The van der Waals surface area contributed by atoms with Crippen LogP contribution in [-0.2, 0) is 0 Å². The molecule has 90 valence electrons. The van der Waals surface area contributed by atoms with E-state index >= 15 is 0 Å². The average Bonchev–Trinajstić information content (AvgIpc) is 2.26. The molecule has 1 aliphatic carbocycles. The Labute approximate surface area is 95.2 Å². The monoisotopic (exact) mass is 212 g/mol. The molecular weight excluding hydrogens is 184 g/mol. The standard InChI is InChI=1S/C13H28N2/c1-4-12-5-7-13(8-6-12)15(10-9-14)11(2)3/h11-13H,4-10,14H2,1-3H3. The minimum absolute atomic E-state index is 0.650. The van der Waals surface area contributed by atoms with Crippen molar-refractivity contribution in [1.29, 1.82) is 0 Å². The number of rotatable bonds is 5. The first-order chi connectivity index (χ1) is 7.19. The van der Waals surface area contributed by atoms with Crippen LogP contribution in [-0.4, -0.2) is 30.1 Å². The number of hydrogen-bond acceptors (Lipinski definition) is 2. The second-order valence-electron chi connectivity index (χ2n) is 5.20. The molecule has 2 N–H and O–H groups in total. The maximum absolute atomic E-state index is 5.69. The fourth-order valence-corrected chi connectivity index (χ4v) is 2.90. The highest BCUT2D eigenvalue weighted by atomic mass is 15.2. The van der Waals surface area contributed by atoms with Crippen LogP contribution in [0, 0.1) is 5.92 Å². The first kappa shape index (κ1) is 13.0. The van der Waals surface area contributed by atoms with E-state index in [9.17, 15) is 0 Å². The second-order valence-corrected chi connectivity index (χ2v) is 5.20. The molecule has 0 bridgehead atoms.